The largest absolute Gasteiger partial charge is 0.311 e. The zero-order chi connectivity index (χ0) is 66.8. The Bertz CT molecular complexity index is 6080. The molecule has 0 spiro atoms. The summed E-state index contributed by atoms with van der Waals surface area (Å²) in [5.41, 5.74) is 29.9. The highest BCUT2D eigenvalue weighted by atomic mass is 15.2. The fourth-order valence-corrected chi connectivity index (χ4v) is 17.5. The van der Waals surface area contributed by atoms with Crippen molar-refractivity contribution in [1.82, 2.24) is 18.3 Å². The van der Waals surface area contributed by atoms with E-state index in [1.807, 2.05) is 0 Å². The number of aromatic nitrogens is 4. The molecule has 7 heteroatoms. The average molecular weight is 1290 g/mol. The van der Waals surface area contributed by atoms with Crippen LogP contribution in [0.15, 0.2) is 340 Å². The number of fused-ring (bicyclic) bond motifs is 16. The van der Waals surface area contributed by atoms with Crippen LogP contribution in [-0.4, -0.2) is 25.0 Å². The molecule has 0 saturated heterocycles. The van der Waals surface area contributed by atoms with Crippen LogP contribution in [0.2, 0.25) is 0 Å². The van der Waals surface area contributed by atoms with E-state index in [4.69, 9.17) is 0 Å². The Morgan fingerprint density at radius 1 is 0.228 bits per heavy atom. The van der Waals surface area contributed by atoms with Crippen molar-refractivity contribution in [3.05, 3.63) is 345 Å². The minimum absolute atomic E-state index is 0.246. The van der Waals surface area contributed by atoms with E-state index in [2.05, 4.69) is 389 Å². The molecule has 2 aliphatic rings. The normalized spacial score (nSPS) is 12.8. The first kappa shape index (κ1) is 57.3. The molecule has 0 radical (unpaired) electrons. The van der Waals surface area contributed by atoms with Crippen LogP contribution in [0.4, 0.5) is 34.1 Å². The van der Waals surface area contributed by atoms with Gasteiger partial charge in [-0.05, 0) is 172 Å². The number of rotatable bonds is 8. The van der Waals surface area contributed by atoms with E-state index in [-0.39, 0.29) is 12.1 Å². The predicted molar refractivity (Wildman–Crippen MR) is 427 cm³/mol. The van der Waals surface area contributed by atoms with Gasteiger partial charge < -0.3 is 28.1 Å². The van der Waals surface area contributed by atoms with Gasteiger partial charge in [-0.15, -0.1) is 0 Å². The van der Waals surface area contributed by atoms with Crippen molar-refractivity contribution in [3.8, 4) is 45.0 Å². The lowest BCUT2D eigenvalue weighted by Crippen LogP contribution is -2.61. The molecule has 0 N–H and O–H groups in total. The maximum absolute atomic E-state index is 2.64. The van der Waals surface area contributed by atoms with E-state index < -0.39 is 0 Å². The first-order chi connectivity index (χ1) is 49.8. The van der Waals surface area contributed by atoms with E-state index >= 15 is 0 Å². The van der Waals surface area contributed by atoms with Crippen molar-refractivity contribution >= 4 is 144 Å². The Kier molecular flexibility index (Phi) is 12.4. The molecule has 15 aromatic carbocycles. The summed E-state index contributed by atoms with van der Waals surface area (Å²) < 4.78 is 9.87. The van der Waals surface area contributed by atoms with E-state index in [9.17, 15) is 0 Å². The smallest absolute Gasteiger partial charge is 0.252 e. The van der Waals surface area contributed by atoms with Crippen LogP contribution < -0.4 is 26.2 Å². The first-order valence-electron chi connectivity index (χ1n) is 35.2. The van der Waals surface area contributed by atoms with Gasteiger partial charge in [0.25, 0.3) is 6.71 Å². The van der Waals surface area contributed by atoms with Crippen LogP contribution in [0.1, 0.15) is 26.3 Å². The number of nitrogens with zero attached hydrogens (tertiary/aromatic N) is 6. The Labute approximate surface area is 585 Å². The lowest BCUT2D eigenvalue weighted by atomic mass is 9.33. The quantitative estimate of drug-likeness (QED) is 0.142. The maximum atomic E-state index is 2.64. The van der Waals surface area contributed by atoms with Crippen molar-refractivity contribution in [2.75, 3.05) is 9.80 Å². The molecule has 0 aliphatic carbocycles. The van der Waals surface area contributed by atoms with Gasteiger partial charge in [0.2, 0.25) is 0 Å². The van der Waals surface area contributed by atoms with Crippen LogP contribution in [0.3, 0.4) is 0 Å². The molecule has 0 fully saturated rings. The number of anilines is 6. The summed E-state index contributed by atoms with van der Waals surface area (Å²) in [5.74, 6) is 0. The number of para-hydroxylation sites is 10. The van der Waals surface area contributed by atoms with E-state index in [1.54, 1.807) is 0 Å². The standard InChI is InChI=1S/C94H65BN6/c1-94(2,3)62-56-91-93-92(57-62)101(80-41-15-5-31-68(80)61-27-25-29-64(55-61)97-83-44-18-8-34-71(83)72-35-9-19-45-84(72)97)90-53-51-66(99-87-48-22-12-38-75(87)76-39-13-23-49-88(76)99)59-78(90)95(93)77-58-65(98-85-46-20-10-36-73(85)74-37-11-21-47-86(74)98)50-52-89(77)100(91)79-40-14-4-30-67(79)60-26-24-28-63(54-60)96-81-42-16-6-32-69(81)70-33-7-17-43-82(70)96/h4-59H,1-3H3. The fraction of sp³-hybridized carbons (Fsp3) is 0.0426. The van der Waals surface area contributed by atoms with Crippen molar-refractivity contribution in [2.24, 2.45) is 0 Å². The Morgan fingerprint density at radius 3 is 0.812 bits per heavy atom. The topological polar surface area (TPSA) is 26.2 Å². The Balaban J connectivity index is 0.857. The first-order valence-corrected chi connectivity index (χ1v) is 35.2. The summed E-state index contributed by atoms with van der Waals surface area (Å²) in [6, 6.07) is 127. The number of hydrogen-bond acceptors (Lipinski definition) is 2. The van der Waals surface area contributed by atoms with Crippen LogP contribution in [0, 0.1) is 0 Å². The van der Waals surface area contributed by atoms with Crippen LogP contribution in [0.5, 0.6) is 0 Å². The van der Waals surface area contributed by atoms with Crippen molar-refractivity contribution < 1.29 is 0 Å². The highest BCUT2D eigenvalue weighted by Crippen LogP contribution is 2.51. The van der Waals surface area contributed by atoms with Crippen LogP contribution >= 0.6 is 0 Å². The molecule has 21 rings (SSSR count). The molecule has 0 atom stereocenters. The summed E-state index contributed by atoms with van der Waals surface area (Å²) >= 11 is 0. The van der Waals surface area contributed by atoms with Gasteiger partial charge in [0.05, 0.1) is 55.5 Å². The molecule has 2 aliphatic heterocycles. The molecule has 0 saturated carbocycles. The van der Waals surface area contributed by atoms with E-state index in [0.29, 0.717) is 0 Å². The van der Waals surface area contributed by atoms with Crippen molar-refractivity contribution in [1.29, 1.82) is 0 Å². The molecule has 19 aromatic rings. The molecular weight excluding hydrogens is 1220 g/mol. The lowest BCUT2D eigenvalue weighted by Gasteiger charge is -2.46. The monoisotopic (exact) mass is 1290 g/mol. The molecule has 101 heavy (non-hydrogen) atoms. The third kappa shape index (κ3) is 8.47. The van der Waals surface area contributed by atoms with Crippen LogP contribution in [0.25, 0.3) is 132 Å². The molecule has 4 aromatic heterocycles. The fourth-order valence-electron chi connectivity index (χ4n) is 17.5. The predicted octanol–water partition coefficient (Wildman–Crippen LogP) is 22.8. The summed E-state index contributed by atoms with van der Waals surface area (Å²) in [7, 11) is 0. The van der Waals surface area contributed by atoms with Gasteiger partial charge in [-0.3, -0.25) is 0 Å². The highest BCUT2D eigenvalue weighted by Gasteiger charge is 2.45. The summed E-state index contributed by atoms with van der Waals surface area (Å²) in [5, 5.41) is 9.89. The Hall–Kier alpha value is -12.8. The lowest BCUT2D eigenvalue weighted by molar-refractivity contribution is 0.590. The van der Waals surface area contributed by atoms with Gasteiger partial charge in [0, 0.05) is 99.7 Å². The maximum Gasteiger partial charge on any atom is 0.252 e. The number of benzene rings is 15. The minimum Gasteiger partial charge on any atom is -0.311 e. The van der Waals surface area contributed by atoms with Gasteiger partial charge in [-0.2, -0.15) is 0 Å². The second-order valence-electron chi connectivity index (χ2n) is 28.4. The van der Waals surface area contributed by atoms with Gasteiger partial charge in [0.1, 0.15) is 0 Å². The van der Waals surface area contributed by atoms with E-state index in [1.165, 1.54) is 109 Å². The van der Waals surface area contributed by atoms with Crippen molar-refractivity contribution in [3.63, 3.8) is 0 Å². The molecule has 6 heterocycles. The summed E-state index contributed by atoms with van der Waals surface area (Å²) in [4.78, 5) is 5.28. The number of hydrogen-bond donors (Lipinski definition) is 0. The molecule has 0 amide bonds. The van der Waals surface area contributed by atoms with Gasteiger partial charge >= 0.3 is 0 Å². The second kappa shape index (κ2) is 21.8. The molecular formula is C94H65BN6. The highest BCUT2D eigenvalue weighted by molar-refractivity contribution is 7.00. The Morgan fingerprint density at radius 2 is 0.505 bits per heavy atom. The third-order valence-electron chi connectivity index (χ3n) is 21.9. The van der Waals surface area contributed by atoms with Gasteiger partial charge in [0.15, 0.2) is 0 Å². The zero-order valence-corrected chi connectivity index (χ0v) is 56.1. The van der Waals surface area contributed by atoms with E-state index in [0.717, 1.165) is 79.1 Å². The van der Waals surface area contributed by atoms with Crippen LogP contribution in [-0.2, 0) is 5.41 Å². The zero-order valence-electron chi connectivity index (χ0n) is 56.1. The molecule has 0 unspecified atom stereocenters. The summed E-state index contributed by atoms with van der Waals surface area (Å²) in [6.45, 7) is 6.88. The third-order valence-corrected chi connectivity index (χ3v) is 21.9. The molecule has 6 nitrogen and oxygen atoms in total. The molecule has 474 valence electrons. The average Bonchev–Trinajstić information content (AvgIpc) is 1.27. The van der Waals surface area contributed by atoms with Gasteiger partial charge in [-0.25, -0.2) is 0 Å². The summed E-state index contributed by atoms with van der Waals surface area (Å²) in [6.07, 6.45) is 0. The second-order valence-corrected chi connectivity index (χ2v) is 28.4. The van der Waals surface area contributed by atoms with Crippen molar-refractivity contribution in [2.45, 2.75) is 26.2 Å². The minimum atomic E-state index is -0.272. The van der Waals surface area contributed by atoms with Gasteiger partial charge in [-0.1, -0.05) is 227 Å². The SMILES string of the molecule is CC(C)(C)c1cc2c3c(c1)N(c1ccccc1-c1cccc(-n4c5ccccc5c5ccccc54)c1)c1ccc(-n4c5ccccc5c5ccccc54)cc1B3c1cc(-n3c4ccccc4c4ccccc43)ccc1N2c1ccccc1-c1cccc(-n2c3ccccc3c3ccccc32)c1. The molecule has 0 bridgehead atoms.